The number of hydrogen-bond donors (Lipinski definition) is 1. The Balaban J connectivity index is 1.60. The maximum Gasteiger partial charge on any atom is 0.287 e. The lowest BCUT2D eigenvalue weighted by atomic mass is 10.2. The summed E-state index contributed by atoms with van der Waals surface area (Å²) in [6.45, 7) is 6.41. The third-order valence-electron chi connectivity index (χ3n) is 4.49. The Morgan fingerprint density at radius 1 is 1.26 bits per heavy atom. The number of aromatic nitrogens is 2. The fourth-order valence-corrected chi connectivity index (χ4v) is 3.13. The van der Waals surface area contributed by atoms with E-state index in [1.807, 2.05) is 40.0 Å². The number of ether oxygens (including phenoxy) is 1. The molecule has 2 aromatic heterocycles. The van der Waals surface area contributed by atoms with Crippen LogP contribution >= 0.6 is 11.6 Å². The molecule has 1 aromatic carbocycles. The molecule has 3 rings (SSSR count). The molecule has 0 radical (unpaired) electrons. The highest BCUT2D eigenvalue weighted by molar-refractivity contribution is 6.32. The average molecular weight is 388 g/mol. The van der Waals surface area contributed by atoms with Crippen molar-refractivity contribution in [3.63, 3.8) is 0 Å². The Bertz CT molecular complexity index is 955. The van der Waals surface area contributed by atoms with Crippen LogP contribution in [0.3, 0.4) is 0 Å². The van der Waals surface area contributed by atoms with Gasteiger partial charge in [0.25, 0.3) is 5.91 Å². The van der Waals surface area contributed by atoms with Gasteiger partial charge in [0.1, 0.15) is 18.1 Å². The van der Waals surface area contributed by atoms with Crippen LogP contribution in [0.5, 0.6) is 5.75 Å². The molecule has 27 heavy (non-hydrogen) atoms. The lowest BCUT2D eigenvalue weighted by Gasteiger charge is -2.09. The Morgan fingerprint density at radius 2 is 2.04 bits per heavy atom. The first-order valence-corrected chi connectivity index (χ1v) is 8.98. The van der Waals surface area contributed by atoms with Gasteiger partial charge in [0.05, 0.1) is 10.7 Å². The van der Waals surface area contributed by atoms with Crippen molar-refractivity contribution in [3.05, 3.63) is 69.4 Å². The number of halogens is 1. The third-order valence-corrected chi connectivity index (χ3v) is 4.79. The van der Waals surface area contributed by atoms with Gasteiger partial charge in [0.15, 0.2) is 5.76 Å². The minimum atomic E-state index is -0.280. The van der Waals surface area contributed by atoms with E-state index in [1.165, 1.54) is 0 Å². The molecular formula is C20H22ClN3O3. The Kier molecular flexibility index (Phi) is 5.56. The summed E-state index contributed by atoms with van der Waals surface area (Å²) in [7, 11) is 1.88. The minimum absolute atomic E-state index is 0.193. The highest BCUT2D eigenvalue weighted by atomic mass is 35.5. The molecule has 0 saturated heterocycles. The first-order valence-electron chi connectivity index (χ1n) is 8.60. The van der Waals surface area contributed by atoms with Crippen molar-refractivity contribution in [3.8, 4) is 5.75 Å². The summed E-state index contributed by atoms with van der Waals surface area (Å²) in [6.07, 6.45) is 0. The van der Waals surface area contributed by atoms with Gasteiger partial charge in [-0.25, -0.2) is 0 Å². The molecule has 0 atom stereocenters. The predicted molar refractivity (Wildman–Crippen MR) is 103 cm³/mol. The highest BCUT2D eigenvalue weighted by Gasteiger charge is 2.15. The molecular weight excluding hydrogens is 366 g/mol. The number of rotatable bonds is 6. The summed E-state index contributed by atoms with van der Waals surface area (Å²) in [5.74, 6) is 1.12. The quantitative estimate of drug-likeness (QED) is 0.691. The first-order chi connectivity index (χ1) is 12.9. The molecule has 0 aliphatic carbocycles. The Hall–Kier alpha value is -2.73. The van der Waals surface area contributed by atoms with Crippen molar-refractivity contribution in [2.45, 2.75) is 33.9 Å². The molecule has 7 heteroatoms. The molecule has 0 fully saturated rings. The monoisotopic (exact) mass is 387 g/mol. The largest absolute Gasteiger partial charge is 0.484 e. The number of benzene rings is 1. The van der Waals surface area contributed by atoms with Gasteiger partial charge >= 0.3 is 0 Å². The van der Waals surface area contributed by atoms with E-state index in [0.29, 0.717) is 23.1 Å². The van der Waals surface area contributed by atoms with Crippen LogP contribution in [0.4, 0.5) is 0 Å². The number of carbonyl (C=O) groups is 1. The number of nitrogens with zero attached hydrogens (tertiary/aromatic N) is 2. The minimum Gasteiger partial charge on any atom is -0.484 e. The van der Waals surface area contributed by atoms with Crippen molar-refractivity contribution in [2.75, 3.05) is 0 Å². The summed E-state index contributed by atoms with van der Waals surface area (Å²) >= 11 is 6.15. The summed E-state index contributed by atoms with van der Waals surface area (Å²) in [4.78, 5) is 12.3. The number of amides is 1. The Morgan fingerprint density at radius 3 is 2.70 bits per heavy atom. The Labute approximate surface area is 163 Å². The maximum absolute atomic E-state index is 12.3. The number of furan rings is 1. The smallest absolute Gasteiger partial charge is 0.287 e. The average Bonchev–Trinajstić information content (AvgIpc) is 3.18. The fourth-order valence-electron chi connectivity index (χ4n) is 2.85. The van der Waals surface area contributed by atoms with Crippen molar-refractivity contribution in [2.24, 2.45) is 7.05 Å². The zero-order chi connectivity index (χ0) is 19.6. The molecule has 0 aliphatic heterocycles. The molecule has 0 aliphatic rings. The van der Waals surface area contributed by atoms with Crippen molar-refractivity contribution in [1.82, 2.24) is 15.1 Å². The number of nitrogens with one attached hydrogen (secondary N) is 1. The van der Waals surface area contributed by atoms with E-state index in [2.05, 4.69) is 10.4 Å². The second-order valence-electron chi connectivity index (χ2n) is 6.40. The van der Waals surface area contributed by atoms with Crippen LogP contribution in [0.2, 0.25) is 5.02 Å². The first kappa shape index (κ1) is 19.0. The summed E-state index contributed by atoms with van der Waals surface area (Å²) in [6, 6.07) is 8.92. The molecule has 0 spiro atoms. The van der Waals surface area contributed by atoms with Gasteiger partial charge in [0, 0.05) is 24.8 Å². The number of hydrogen-bond acceptors (Lipinski definition) is 4. The van der Waals surface area contributed by atoms with Crippen molar-refractivity contribution >= 4 is 17.5 Å². The molecule has 1 amide bonds. The topological polar surface area (TPSA) is 69.3 Å². The van der Waals surface area contributed by atoms with Gasteiger partial charge < -0.3 is 14.5 Å². The van der Waals surface area contributed by atoms with Gasteiger partial charge in [-0.1, -0.05) is 23.7 Å². The van der Waals surface area contributed by atoms with Gasteiger partial charge in [-0.05, 0) is 44.5 Å². The van der Waals surface area contributed by atoms with Gasteiger partial charge in [-0.3, -0.25) is 9.48 Å². The lowest BCUT2D eigenvalue weighted by Crippen LogP contribution is -2.23. The number of aryl methyl sites for hydroxylation is 3. The normalized spacial score (nSPS) is 10.9. The second-order valence-corrected chi connectivity index (χ2v) is 6.80. The SMILES string of the molecule is Cc1cccc(Cl)c1OCc1ccc(C(=O)NCc2c(C)nn(C)c2C)o1. The van der Waals surface area contributed by atoms with E-state index >= 15 is 0 Å². The number of carbonyl (C=O) groups excluding carboxylic acids is 1. The van der Waals surface area contributed by atoms with Gasteiger partial charge in [-0.2, -0.15) is 5.10 Å². The molecule has 142 valence electrons. The summed E-state index contributed by atoms with van der Waals surface area (Å²) < 4.78 is 13.1. The maximum atomic E-state index is 12.3. The molecule has 0 saturated carbocycles. The van der Waals surface area contributed by atoms with Gasteiger partial charge in [0.2, 0.25) is 0 Å². The molecule has 1 N–H and O–H groups in total. The molecule has 3 aromatic rings. The van der Waals surface area contributed by atoms with E-state index in [4.69, 9.17) is 20.8 Å². The van der Waals surface area contributed by atoms with E-state index in [0.717, 1.165) is 22.5 Å². The van der Waals surface area contributed by atoms with Gasteiger partial charge in [-0.15, -0.1) is 0 Å². The second kappa shape index (κ2) is 7.88. The highest BCUT2D eigenvalue weighted by Crippen LogP contribution is 2.28. The lowest BCUT2D eigenvalue weighted by molar-refractivity contribution is 0.0919. The summed E-state index contributed by atoms with van der Waals surface area (Å²) in [5, 5.41) is 7.76. The van der Waals surface area contributed by atoms with Crippen molar-refractivity contribution in [1.29, 1.82) is 0 Å². The van der Waals surface area contributed by atoms with Crippen LogP contribution in [-0.2, 0) is 20.2 Å². The molecule has 6 nitrogen and oxygen atoms in total. The van der Waals surface area contributed by atoms with E-state index < -0.39 is 0 Å². The summed E-state index contributed by atoms with van der Waals surface area (Å²) in [5.41, 5.74) is 3.87. The third kappa shape index (κ3) is 4.17. The van der Waals surface area contributed by atoms with E-state index in [-0.39, 0.29) is 18.3 Å². The van der Waals surface area contributed by atoms with Crippen LogP contribution in [0.25, 0.3) is 0 Å². The van der Waals surface area contributed by atoms with Crippen LogP contribution in [0.15, 0.2) is 34.7 Å². The van der Waals surface area contributed by atoms with E-state index in [9.17, 15) is 4.79 Å². The van der Waals surface area contributed by atoms with Crippen LogP contribution < -0.4 is 10.1 Å². The molecule has 0 bridgehead atoms. The fraction of sp³-hybridized carbons (Fsp3) is 0.300. The number of para-hydroxylation sites is 1. The van der Waals surface area contributed by atoms with Crippen LogP contribution in [-0.4, -0.2) is 15.7 Å². The zero-order valence-corrected chi connectivity index (χ0v) is 16.6. The predicted octanol–water partition coefficient (Wildman–Crippen LogP) is 4.10. The van der Waals surface area contributed by atoms with Crippen LogP contribution in [0, 0.1) is 20.8 Å². The van der Waals surface area contributed by atoms with Crippen molar-refractivity contribution < 1.29 is 13.9 Å². The standard InChI is InChI=1S/C20H22ClN3O3/c1-12-6-5-7-17(21)19(12)26-11-15-8-9-18(27-15)20(25)22-10-16-13(2)23-24(4)14(16)3/h5-9H,10-11H2,1-4H3,(H,22,25). The molecule has 2 heterocycles. The zero-order valence-electron chi connectivity index (χ0n) is 15.8. The van der Waals surface area contributed by atoms with E-state index in [1.54, 1.807) is 22.9 Å². The van der Waals surface area contributed by atoms with Crippen LogP contribution in [0.1, 0.15) is 38.8 Å². The molecule has 0 unspecified atom stereocenters.